The highest BCUT2D eigenvalue weighted by Crippen LogP contribution is 2.30. The summed E-state index contributed by atoms with van der Waals surface area (Å²) in [5.74, 6) is 1.00. The largest absolute Gasteiger partial charge is 0.467 e. The van der Waals surface area contributed by atoms with Gasteiger partial charge < -0.3 is 13.7 Å². The topological polar surface area (TPSA) is 80.7 Å². The molecule has 0 saturated carbocycles. The van der Waals surface area contributed by atoms with Crippen molar-refractivity contribution >= 4 is 26.7 Å². The van der Waals surface area contributed by atoms with E-state index in [0.29, 0.717) is 18.1 Å². The van der Waals surface area contributed by atoms with Gasteiger partial charge in [0.25, 0.3) is 0 Å². The molecule has 1 aliphatic rings. The van der Waals surface area contributed by atoms with Crippen molar-refractivity contribution in [2.75, 3.05) is 11.5 Å². The second kappa shape index (κ2) is 7.95. The number of sulfone groups is 1. The van der Waals surface area contributed by atoms with Gasteiger partial charge in [-0.2, -0.15) is 0 Å². The SMILES string of the molecule is Cc1cc2occ(CC(=O)N(Cc3ccco3)[C@@H]3CCS(=O)(=O)C3)c2cc1C(C)C. The number of benzene rings is 1. The van der Waals surface area contributed by atoms with Gasteiger partial charge in [-0.15, -0.1) is 0 Å². The average Bonchev–Trinajstić information content (AvgIpc) is 3.39. The Morgan fingerprint density at radius 2 is 2.07 bits per heavy atom. The Labute approximate surface area is 176 Å². The van der Waals surface area contributed by atoms with Crippen LogP contribution in [0.4, 0.5) is 0 Å². The summed E-state index contributed by atoms with van der Waals surface area (Å²) in [5.41, 5.74) is 3.98. The molecule has 2 aromatic heterocycles. The van der Waals surface area contributed by atoms with E-state index in [0.717, 1.165) is 16.5 Å². The van der Waals surface area contributed by atoms with Gasteiger partial charge in [-0.3, -0.25) is 4.79 Å². The predicted molar refractivity (Wildman–Crippen MR) is 115 cm³/mol. The Bertz CT molecular complexity index is 1160. The summed E-state index contributed by atoms with van der Waals surface area (Å²) in [5, 5.41) is 0.939. The Morgan fingerprint density at radius 3 is 2.70 bits per heavy atom. The molecule has 1 aromatic carbocycles. The first-order valence-electron chi connectivity index (χ1n) is 10.3. The van der Waals surface area contributed by atoms with Crippen LogP contribution < -0.4 is 0 Å². The first-order valence-corrected chi connectivity index (χ1v) is 12.1. The van der Waals surface area contributed by atoms with E-state index in [1.807, 2.05) is 6.07 Å². The quantitative estimate of drug-likeness (QED) is 0.586. The monoisotopic (exact) mass is 429 g/mol. The molecule has 1 amide bonds. The van der Waals surface area contributed by atoms with Crippen LogP contribution in [0.5, 0.6) is 0 Å². The maximum absolute atomic E-state index is 13.3. The average molecular weight is 430 g/mol. The molecule has 1 aliphatic heterocycles. The van der Waals surface area contributed by atoms with E-state index in [-0.39, 0.29) is 36.4 Å². The van der Waals surface area contributed by atoms with Crippen LogP contribution in [0.1, 0.15) is 48.6 Å². The van der Waals surface area contributed by atoms with E-state index >= 15 is 0 Å². The minimum atomic E-state index is -3.11. The van der Waals surface area contributed by atoms with Crippen molar-refractivity contribution in [1.29, 1.82) is 0 Å². The number of carbonyl (C=O) groups is 1. The standard InChI is InChI=1S/C23H27NO5S/c1-15(2)20-11-21-17(13-29-22(21)9-16(20)3)10-23(25)24(12-19-5-4-7-28-19)18-6-8-30(26,27)14-18/h4-5,7,9,11,13,15,18H,6,8,10,12,14H2,1-3H3/t18-/m1/s1. The van der Waals surface area contributed by atoms with Crippen molar-refractivity contribution in [3.8, 4) is 0 Å². The van der Waals surface area contributed by atoms with Crippen LogP contribution in [0.2, 0.25) is 0 Å². The van der Waals surface area contributed by atoms with Crippen LogP contribution in [0.3, 0.4) is 0 Å². The van der Waals surface area contributed by atoms with Crippen molar-refractivity contribution in [3.63, 3.8) is 0 Å². The van der Waals surface area contributed by atoms with Gasteiger partial charge in [0.1, 0.15) is 11.3 Å². The molecule has 0 aliphatic carbocycles. The van der Waals surface area contributed by atoms with Gasteiger partial charge in [0, 0.05) is 17.0 Å². The predicted octanol–water partition coefficient (Wildman–Crippen LogP) is 4.22. The molecule has 0 unspecified atom stereocenters. The Kier molecular flexibility index (Phi) is 5.49. The second-order valence-electron chi connectivity index (χ2n) is 8.46. The normalized spacial score (nSPS) is 18.3. The van der Waals surface area contributed by atoms with Gasteiger partial charge in [-0.1, -0.05) is 13.8 Å². The van der Waals surface area contributed by atoms with Crippen LogP contribution in [0, 0.1) is 6.92 Å². The lowest BCUT2D eigenvalue weighted by molar-refractivity contribution is -0.133. The molecule has 1 fully saturated rings. The Morgan fingerprint density at radius 1 is 1.27 bits per heavy atom. The number of fused-ring (bicyclic) bond motifs is 1. The third-order valence-electron chi connectivity index (χ3n) is 5.88. The molecule has 160 valence electrons. The van der Waals surface area contributed by atoms with Gasteiger partial charge in [-0.05, 0) is 54.7 Å². The van der Waals surface area contributed by atoms with Crippen molar-refractivity contribution in [2.24, 2.45) is 0 Å². The third-order valence-corrected chi connectivity index (χ3v) is 7.63. The minimum absolute atomic E-state index is 0.00226. The molecule has 30 heavy (non-hydrogen) atoms. The molecular weight excluding hydrogens is 402 g/mol. The summed E-state index contributed by atoms with van der Waals surface area (Å²) in [6.45, 7) is 6.61. The Hall–Kier alpha value is -2.54. The number of nitrogens with zero attached hydrogens (tertiary/aromatic N) is 1. The summed E-state index contributed by atoms with van der Waals surface area (Å²) in [6, 6.07) is 7.36. The lowest BCUT2D eigenvalue weighted by atomic mass is 9.95. The fraction of sp³-hybridized carbons (Fsp3) is 0.435. The number of aryl methyl sites for hydroxylation is 1. The number of hydrogen-bond acceptors (Lipinski definition) is 5. The molecule has 0 radical (unpaired) electrons. The van der Waals surface area contributed by atoms with Crippen LogP contribution >= 0.6 is 0 Å². The highest BCUT2D eigenvalue weighted by atomic mass is 32.2. The van der Waals surface area contributed by atoms with Crippen LogP contribution in [-0.2, 0) is 27.6 Å². The number of hydrogen-bond donors (Lipinski definition) is 0. The molecule has 0 bridgehead atoms. The van der Waals surface area contributed by atoms with Crippen LogP contribution in [0.25, 0.3) is 11.0 Å². The summed E-state index contributed by atoms with van der Waals surface area (Å²) in [6.07, 6.45) is 3.81. The number of furan rings is 2. The van der Waals surface area contributed by atoms with Crippen molar-refractivity contribution < 1.29 is 22.0 Å². The van der Waals surface area contributed by atoms with Crippen molar-refractivity contribution in [2.45, 2.75) is 52.1 Å². The van der Waals surface area contributed by atoms with E-state index in [9.17, 15) is 13.2 Å². The van der Waals surface area contributed by atoms with Gasteiger partial charge in [0.05, 0.1) is 37.0 Å². The zero-order chi connectivity index (χ0) is 21.5. The lowest BCUT2D eigenvalue weighted by Gasteiger charge is -2.27. The molecule has 7 heteroatoms. The van der Waals surface area contributed by atoms with E-state index in [2.05, 4.69) is 26.8 Å². The van der Waals surface area contributed by atoms with E-state index in [4.69, 9.17) is 8.83 Å². The maximum Gasteiger partial charge on any atom is 0.227 e. The molecule has 0 spiro atoms. The van der Waals surface area contributed by atoms with Gasteiger partial charge in [-0.25, -0.2) is 8.42 Å². The first-order chi connectivity index (χ1) is 14.2. The summed E-state index contributed by atoms with van der Waals surface area (Å²) in [7, 11) is -3.11. The van der Waals surface area contributed by atoms with Gasteiger partial charge >= 0.3 is 0 Å². The van der Waals surface area contributed by atoms with Crippen molar-refractivity contribution in [1.82, 2.24) is 4.90 Å². The lowest BCUT2D eigenvalue weighted by Crippen LogP contribution is -2.41. The fourth-order valence-electron chi connectivity index (χ4n) is 4.28. The highest BCUT2D eigenvalue weighted by molar-refractivity contribution is 7.91. The second-order valence-corrected chi connectivity index (χ2v) is 10.7. The summed E-state index contributed by atoms with van der Waals surface area (Å²) in [4.78, 5) is 15.0. The smallest absolute Gasteiger partial charge is 0.227 e. The number of carbonyl (C=O) groups excluding carboxylic acids is 1. The minimum Gasteiger partial charge on any atom is -0.467 e. The number of amides is 1. The maximum atomic E-state index is 13.3. The van der Waals surface area contributed by atoms with Crippen LogP contribution in [-0.4, -0.2) is 36.8 Å². The molecule has 0 N–H and O–H groups in total. The summed E-state index contributed by atoms with van der Waals surface area (Å²) >= 11 is 0. The van der Waals surface area contributed by atoms with E-state index < -0.39 is 9.84 Å². The third kappa shape index (κ3) is 4.17. The summed E-state index contributed by atoms with van der Waals surface area (Å²) < 4.78 is 35.2. The Balaban J connectivity index is 1.63. The molecule has 1 atom stereocenters. The molecule has 6 nitrogen and oxygen atoms in total. The molecule has 4 rings (SSSR count). The molecule has 3 heterocycles. The highest BCUT2D eigenvalue weighted by Gasteiger charge is 2.35. The zero-order valence-electron chi connectivity index (χ0n) is 17.6. The zero-order valence-corrected chi connectivity index (χ0v) is 18.4. The number of rotatable bonds is 6. The fourth-order valence-corrected chi connectivity index (χ4v) is 6.01. The molecule has 3 aromatic rings. The molecule has 1 saturated heterocycles. The molecular formula is C23H27NO5S. The van der Waals surface area contributed by atoms with Gasteiger partial charge in [0.15, 0.2) is 9.84 Å². The first kappa shape index (κ1) is 20.7. The van der Waals surface area contributed by atoms with Gasteiger partial charge in [0.2, 0.25) is 5.91 Å². The van der Waals surface area contributed by atoms with E-state index in [1.165, 1.54) is 11.1 Å². The van der Waals surface area contributed by atoms with Crippen LogP contribution in [0.15, 0.2) is 45.6 Å². The van der Waals surface area contributed by atoms with E-state index in [1.54, 1.807) is 29.6 Å². The van der Waals surface area contributed by atoms with Crippen molar-refractivity contribution in [3.05, 3.63) is 59.2 Å².